The maximum Gasteiger partial charge on any atom is 0.389 e. The van der Waals surface area contributed by atoms with Gasteiger partial charge in [0.15, 0.2) is 0 Å². The van der Waals surface area contributed by atoms with Gasteiger partial charge in [0.2, 0.25) is 5.91 Å². The van der Waals surface area contributed by atoms with E-state index in [0.717, 1.165) is 44.1 Å². The fourth-order valence-electron chi connectivity index (χ4n) is 2.52. The highest BCUT2D eigenvalue weighted by Gasteiger charge is 2.25. The normalized spacial score (nSPS) is 13.0. The van der Waals surface area contributed by atoms with Crippen molar-refractivity contribution in [3.05, 3.63) is 29.6 Å². The molecular formula is C18H27F3N2O. The van der Waals surface area contributed by atoms with Gasteiger partial charge in [0, 0.05) is 12.6 Å². The number of nitrogens with two attached hydrogens (primary N) is 1. The summed E-state index contributed by atoms with van der Waals surface area (Å²) < 4.78 is 35.9. The average Bonchev–Trinajstić information content (AvgIpc) is 2.52. The lowest BCUT2D eigenvalue weighted by Gasteiger charge is -2.08. The average molecular weight is 344 g/mol. The zero-order valence-corrected chi connectivity index (χ0v) is 14.2. The summed E-state index contributed by atoms with van der Waals surface area (Å²) in [5.74, 6) is -0.762. The number of aromatic nitrogens is 1. The van der Waals surface area contributed by atoms with Crippen LogP contribution in [0.5, 0.6) is 0 Å². The second kappa shape index (κ2) is 10.3. The highest BCUT2D eigenvalue weighted by Crippen LogP contribution is 2.23. The Morgan fingerprint density at radius 3 is 2.17 bits per heavy atom. The molecule has 0 aliphatic rings. The van der Waals surface area contributed by atoms with Gasteiger partial charge in [0.05, 0.1) is 11.6 Å². The van der Waals surface area contributed by atoms with Gasteiger partial charge in [-0.3, -0.25) is 9.78 Å². The number of hydrogen-bond donors (Lipinski definition) is 1. The standard InChI is InChI=1S/C18H27F3N2O/c1-14(17(22)24)16-11-10-15(13-23-16)9-7-5-3-2-4-6-8-12-18(19,20)21/h10-11,13-14H,2-9,12H2,1H3,(H2,22,24). The molecule has 1 aromatic heterocycles. The Balaban J connectivity index is 2.08. The Morgan fingerprint density at radius 1 is 1.08 bits per heavy atom. The molecule has 0 saturated carbocycles. The van der Waals surface area contributed by atoms with Gasteiger partial charge >= 0.3 is 6.18 Å². The summed E-state index contributed by atoms with van der Waals surface area (Å²) in [5, 5.41) is 0. The lowest BCUT2D eigenvalue weighted by molar-refractivity contribution is -0.135. The molecule has 1 rings (SSSR count). The predicted molar refractivity (Wildman–Crippen MR) is 88.5 cm³/mol. The lowest BCUT2D eigenvalue weighted by atomic mass is 10.0. The number of alkyl halides is 3. The molecule has 0 saturated heterocycles. The van der Waals surface area contributed by atoms with Crippen molar-refractivity contribution in [1.29, 1.82) is 0 Å². The molecule has 0 aliphatic carbocycles. The number of nitrogens with zero attached hydrogens (tertiary/aromatic N) is 1. The minimum atomic E-state index is -4.02. The van der Waals surface area contributed by atoms with Crippen LogP contribution in [0.25, 0.3) is 0 Å². The molecule has 0 spiro atoms. The van der Waals surface area contributed by atoms with E-state index in [-0.39, 0.29) is 18.2 Å². The Hall–Kier alpha value is -1.59. The number of primary amides is 1. The van der Waals surface area contributed by atoms with Crippen molar-refractivity contribution in [3.63, 3.8) is 0 Å². The summed E-state index contributed by atoms with van der Waals surface area (Å²) in [5.41, 5.74) is 7.06. The maximum absolute atomic E-state index is 12.0. The Labute approximate surface area is 141 Å². The van der Waals surface area contributed by atoms with Crippen molar-refractivity contribution in [2.45, 2.75) is 76.8 Å². The third-order valence-corrected chi connectivity index (χ3v) is 4.14. The van der Waals surface area contributed by atoms with Crippen LogP contribution in [-0.2, 0) is 11.2 Å². The van der Waals surface area contributed by atoms with E-state index in [1.54, 1.807) is 13.1 Å². The van der Waals surface area contributed by atoms with Crippen molar-refractivity contribution in [1.82, 2.24) is 4.98 Å². The molecule has 0 aromatic carbocycles. The number of unbranched alkanes of at least 4 members (excludes halogenated alkanes) is 6. The number of hydrogen-bond acceptors (Lipinski definition) is 2. The van der Waals surface area contributed by atoms with Gasteiger partial charge in [-0.25, -0.2) is 0 Å². The topological polar surface area (TPSA) is 56.0 Å². The second-order valence-corrected chi connectivity index (χ2v) is 6.31. The number of carbonyl (C=O) groups excluding carboxylic acids is 1. The van der Waals surface area contributed by atoms with Gasteiger partial charge in [0.25, 0.3) is 0 Å². The molecule has 1 heterocycles. The third kappa shape index (κ3) is 8.89. The Morgan fingerprint density at radius 2 is 1.67 bits per heavy atom. The van der Waals surface area contributed by atoms with Crippen molar-refractivity contribution in [3.8, 4) is 0 Å². The van der Waals surface area contributed by atoms with Crippen molar-refractivity contribution in [2.75, 3.05) is 0 Å². The highest BCUT2D eigenvalue weighted by atomic mass is 19.4. The van der Waals surface area contributed by atoms with Crippen LogP contribution in [0.2, 0.25) is 0 Å². The number of carbonyl (C=O) groups is 1. The van der Waals surface area contributed by atoms with Crippen LogP contribution in [0.15, 0.2) is 18.3 Å². The number of aryl methyl sites for hydroxylation is 1. The number of halogens is 3. The SMILES string of the molecule is CC(C(N)=O)c1ccc(CCCCCCCCCC(F)(F)F)cn1. The second-order valence-electron chi connectivity index (χ2n) is 6.31. The first kappa shape index (κ1) is 20.5. The molecule has 0 aliphatic heterocycles. The summed E-state index contributed by atoms with van der Waals surface area (Å²) in [6.07, 6.45) is 3.95. The number of amides is 1. The number of pyridine rings is 1. The molecule has 1 amide bonds. The highest BCUT2D eigenvalue weighted by molar-refractivity contribution is 5.80. The van der Waals surface area contributed by atoms with Gasteiger partial charge in [-0.15, -0.1) is 0 Å². The molecule has 3 nitrogen and oxygen atoms in total. The van der Waals surface area contributed by atoms with Crippen LogP contribution in [-0.4, -0.2) is 17.1 Å². The lowest BCUT2D eigenvalue weighted by Crippen LogP contribution is -2.19. The fraction of sp³-hybridized carbons (Fsp3) is 0.667. The predicted octanol–water partition coefficient (Wildman–Crippen LogP) is 4.90. The summed E-state index contributed by atoms with van der Waals surface area (Å²) in [7, 11) is 0. The monoisotopic (exact) mass is 344 g/mol. The molecular weight excluding hydrogens is 317 g/mol. The molecule has 0 bridgehead atoms. The van der Waals surface area contributed by atoms with E-state index in [1.807, 2.05) is 12.1 Å². The van der Waals surface area contributed by atoms with Crippen LogP contribution < -0.4 is 5.73 Å². The first-order valence-electron chi connectivity index (χ1n) is 8.60. The Bertz CT molecular complexity index is 486. The molecule has 24 heavy (non-hydrogen) atoms. The molecule has 0 radical (unpaired) electrons. The summed E-state index contributed by atoms with van der Waals surface area (Å²) in [6.45, 7) is 1.74. The zero-order chi connectivity index (χ0) is 18.0. The fourth-order valence-corrected chi connectivity index (χ4v) is 2.52. The summed E-state index contributed by atoms with van der Waals surface area (Å²) >= 11 is 0. The van der Waals surface area contributed by atoms with E-state index in [4.69, 9.17) is 5.73 Å². The molecule has 1 unspecified atom stereocenters. The molecule has 1 atom stereocenters. The smallest absolute Gasteiger partial charge is 0.369 e. The van der Waals surface area contributed by atoms with E-state index < -0.39 is 12.6 Å². The van der Waals surface area contributed by atoms with Crippen LogP contribution >= 0.6 is 0 Å². The van der Waals surface area contributed by atoms with E-state index in [2.05, 4.69) is 4.98 Å². The molecule has 0 fully saturated rings. The summed E-state index contributed by atoms with van der Waals surface area (Å²) in [6, 6.07) is 3.81. The first-order chi connectivity index (χ1) is 11.3. The third-order valence-electron chi connectivity index (χ3n) is 4.14. The van der Waals surface area contributed by atoms with E-state index >= 15 is 0 Å². The van der Waals surface area contributed by atoms with Gasteiger partial charge < -0.3 is 5.73 Å². The molecule has 6 heteroatoms. The Kier molecular flexibility index (Phi) is 8.79. The van der Waals surface area contributed by atoms with E-state index in [1.165, 1.54) is 0 Å². The quantitative estimate of drug-likeness (QED) is 0.581. The van der Waals surface area contributed by atoms with Gasteiger partial charge in [-0.1, -0.05) is 38.2 Å². The summed E-state index contributed by atoms with van der Waals surface area (Å²) in [4.78, 5) is 15.4. The largest absolute Gasteiger partial charge is 0.389 e. The molecule has 2 N–H and O–H groups in total. The maximum atomic E-state index is 12.0. The number of rotatable bonds is 11. The first-order valence-corrected chi connectivity index (χ1v) is 8.60. The van der Waals surface area contributed by atoms with Crippen LogP contribution in [0, 0.1) is 0 Å². The van der Waals surface area contributed by atoms with Gasteiger partial charge in [-0.2, -0.15) is 13.2 Å². The van der Waals surface area contributed by atoms with Crippen molar-refractivity contribution >= 4 is 5.91 Å². The van der Waals surface area contributed by atoms with E-state index in [0.29, 0.717) is 12.1 Å². The van der Waals surface area contributed by atoms with Crippen molar-refractivity contribution < 1.29 is 18.0 Å². The van der Waals surface area contributed by atoms with Gasteiger partial charge in [0.1, 0.15) is 0 Å². The minimum Gasteiger partial charge on any atom is -0.369 e. The van der Waals surface area contributed by atoms with Crippen LogP contribution in [0.4, 0.5) is 13.2 Å². The zero-order valence-electron chi connectivity index (χ0n) is 14.2. The van der Waals surface area contributed by atoms with Crippen LogP contribution in [0.1, 0.15) is 75.5 Å². The minimum absolute atomic E-state index is 0.241. The van der Waals surface area contributed by atoms with Crippen molar-refractivity contribution in [2.24, 2.45) is 5.73 Å². The molecule has 1 aromatic rings. The van der Waals surface area contributed by atoms with E-state index in [9.17, 15) is 18.0 Å². The molecule has 136 valence electrons. The van der Waals surface area contributed by atoms with Crippen LogP contribution in [0.3, 0.4) is 0 Å². The van der Waals surface area contributed by atoms with Gasteiger partial charge in [-0.05, 0) is 37.8 Å².